The van der Waals surface area contributed by atoms with Crippen molar-refractivity contribution in [1.29, 1.82) is 0 Å². The first-order chi connectivity index (χ1) is 10.6. The molecule has 4 nitrogen and oxygen atoms in total. The van der Waals surface area contributed by atoms with E-state index in [0.717, 1.165) is 31.4 Å². The summed E-state index contributed by atoms with van der Waals surface area (Å²) in [6.45, 7) is 5.41. The van der Waals surface area contributed by atoms with Gasteiger partial charge in [0.15, 0.2) is 0 Å². The Balaban J connectivity index is 1.80. The van der Waals surface area contributed by atoms with Crippen molar-refractivity contribution in [3.63, 3.8) is 0 Å². The lowest BCUT2D eigenvalue weighted by atomic mass is 9.99. The molecule has 1 aromatic carbocycles. The lowest BCUT2D eigenvalue weighted by Gasteiger charge is -2.35. The zero-order chi connectivity index (χ0) is 15.9. The molecule has 1 N–H and O–H groups in total. The molecule has 0 saturated carbocycles. The zero-order valence-electron chi connectivity index (χ0n) is 13.6. The molecule has 1 aliphatic heterocycles. The molecule has 2 rings (SSSR count). The molecule has 1 saturated heterocycles. The Labute approximate surface area is 132 Å². The van der Waals surface area contributed by atoms with Crippen molar-refractivity contribution in [1.82, 2.24) is 10.2 Å². The maximum Gasteiger partial charge on any atom is 0.232 e. The molecule has 0 radical (unpaired) electrons. The molecule has 0 spiro atoms. The summed E-state index contributed by atoms with van der Waals surface area (Å²) in [5.74, 6) is -0.223. The van der Waals surface area contributed by atoms with Crippen LogP contribution in [0.5, 0.6) is 0 Å². The fraction of sp³-hybridized carbons (Fsp3) is 0.556. The second-order valence-corrected chi connectivity index (χ2v) is 6.08. The number of nitrogens with one attached hydrogen (secondary N) is 1. The van der Waals surface area contributed by atoms with Crippen molar-refractivity contribution < 1.29 is 9.59 Å². The van der Waals surface area contributed by atoms with E-state index >= 15 is 0 Å². The third kappa shape index (κ3) is 4.58. The highest BCUT2D eigenvalue weighted by Gasteiger charge is 2.26. The highest BCUT2D eigenvalue weighted by Crippen LogP contribution is 2.20. The number of carbonyl (C=O) groups excluding carboxylic acids is 2. The Hall–Kier alpha value is -1.84. The lowest BCUT2D eigenvalue weighted by molar-refractivity contribution is -0.139. The molecule has 0 aliphatic carbocycles. The van der Waals surface area contributed by atoms with Crippen LogP contribution in [-0.4, -0.2) is 29.3 Å². The number of carbonyl (C=O) groups is 2. The number of hydrogen-bond donors (Lipinski definition) is 1. The van der Waals surface area contributed by atoms with E-state index in [-0.39, 0.29) is 18.2 Å². The number of amides is 2. The summed E-state index contributed by atoms with van der Waals surface area (Å²) in [5, 5.41) is 2.83. The van der Waals surface area contributed by atoms with Crippen LogP contribution >= 0.6 is 0 Å². The first-order valence-electron chi connectivity index (χ1n) is 8.22. The number of rotatable bonds is 5. The molecule has 1 aliphatic rings. The van der Waals surface area contributed by atoms with Gasteiger partial charge in [0.1, 0.15) is 6.42 Å². The van der Waals surface area contributed by atoms with Gasteiger partial charge in [-0.25, -0.2) is 0 Å². The van der Waals surface area contributed by atoms with Crippen molar-refractivity contribution in [3.8, 4) is 0 Å². The SMILES string of the molecule is CCC1CCCCN1C(=O)CC(=O)NCc1ccc(C)cc1. The summed E-state index contributed by atoms with van der Waals surface area (Å²) >= 11 is 0. The minimum absolute atomic E-state index is 0.0343. The molecule has 1 aromatic rings. The molecular weight excluding hydrogens is 276 g/mol. The van der Waals surface area contributed by atoms with Gasteiger partial charge in [-0.05, 0) is 38.2 Å². The van der Waals surface area contributed by atoms with Crippen molar-refractivity contribution in [3.05, 3.63) is 35.4 Å². The van der Waals surface area contributed by atoms with Crippen LogP contribution in [0.3, 0.4) is 0 Å². The molecule has 4 heteroatoms. The van der Waals surface area contributed by atoms with Gasteiger partial charge in [-0.1, -0.05) is 36.8 Å². The Kier molecular flexibility index (Phi) is 5.99. The first kappa shape index (κ1) is 16.5. The number of benzene rings is 1. The van der Waals surface area contributed by atoms with E-state index in [0.29, 0.717) is 12.6 Å². The minimum atomic E-state index is -0.189. The van der Waals surface area contributed by atoms with E-state index in [9.17, 15) is 9.59 Å². The predicted octanol–water partition coefficient (Wildman–Crippen LogP) is 2.79. The predicted molar refractivity (Wildman–Crippen MR) is 87.3 cm³/mol. The van der Waals surface area contributed by atoms with Crippen LogP contribution in [0.15, 0.2) is 24.3 Å². The maximum atomic E-state index is 12.3. The van der Waals surface area contributed by atoms with Crippen molar-refractivity contribution >= 4 is 11.8 Å². The summed E-state index contributed by atoms with van der Waals surface area (Å²) in [4.78, 5) is 26.2. The molecule has 2 amide bonds. The van der Waals surface area contributed by atoms with E-state index in [4.69, 9.17) is 0 Å². The first-order valence-corrected chi connectivity index (χ1v) is 8.22. The van der Waals surface area contributed by atoms with E-state index in [1.807, 2.05) is 36.1 Å². The Morgan fingerprint density at radius 3 is 2.64 bits per heavy atom. The molecule has 22 heavy (non-hydrogen) atoms. The Morgan fingerprint density at radius 1 is 1.23 bits per heavy atom. The average Bonchev–Trinajstić information content (AvgIpc) is 2.54. The van der Waals surface area contributed by atoms with Gasteiger partial charge in [0.05, 0.1) is 0 Å². The molecule has 1 unspecified atom stereocenters. The molecule has 0 aromatic heterocycles. The van der Waals surface area contributed by atoms with Crippen molar-refractivity contribution in [2.45, 2.75) is 58.5 Å². The molecule has 1 heterocycles. The fourth-order valence-electron chi connectivity index (χ4n) is 2.96. The number of likely N-dealkylation sites (tertiary alicyclic amines) is 1. The van der Waals surface area contributed by atoms with Gasteiger partial charge in [-0.2, -0.15) is 0 Å². The highest BCUT2D eigenvalue weighted by atomic mass is 16.2. The van der Waals surface area contributed by atoms with Crippen LogP contribution in [0.25, 0.3) is 0 Å². The fourth-order valence-corrected chi connectivity index (χ4v) is 2.96. The van der Waals surface area contributed by atoms with E-state index < -0.39 is 0 Å². The van der Waals surface area contributed by atoms with Crippen molar-refractivity contribution in [2.24, 2.45) is 0 Å². The van der Waals surface area contributed by atoms with Crippen LogP contribution < -0.4 is 5.32 Å². The van der Waals surface area contributed by atoms with Crippen LogP contribution in [0, 0.1) is 6.92 Å². The minimum Gasteiger partial charge on any atom is -0.352 e. The second-order valence-electron chi connectivity index (χ2n) is 6.08. The molecule has 1 fully saturated rings. The average molecular weight is 302 g/mol. The third-order valence-electron chi connectivity index (χ3n) is 4.34. The Morgan fingerprint density at radius 2 is 1.95 bits per heavy atom. The van der Waals surface area contributed by atoms with Crippen molar-refractivity contribution in [2.75, 3.05) is 6.54 Å². The molecule has 0 bridgehead atoms. The Bertz CT molecular complexity index is 510. The summed E-state index contributed by atoms with van der Waals surface area (Å²) in [7, 11) is 0. The smallest absolute Gasteiger partial charge is 0.232 e. The van der Waals surface area contributed by atoms with Gasteiger partial charge >= 0.3 is 0 Å². The number of hydrogen-bond acceptors (Lipinski definition) is 2. The summed E-state index contributed by atoms with van der Waals surface area (Å²) < 4.78 is 0. The van der Waals surface area contributed by atoms with Crippen LogP contribution in [-0.2, 0) is 16.1 Å². The van der Waals surface area contributed by atoms with E-state index in [1.165, 1.54) is 12.0 Å². The highest BCUT2D eigenvalue weighted by molar-refractivity contribution is 5.97. The number of piperidine rings is 1. The molecular formula is C18H26N2O2. The molecule has 120 valence electrons. The van der Waals surface area contributed by atoms with E-state index in [1.54, 1.807) is 0 Å². The lowest BCUT2D eigenvalue weighted by Crippen LogP contribution is -2.45. The van der Waals surface area contributed by atoms with E-state index in [2.05, 4.69) is 12.2 Å². The van der Waals surface area contributed by atoms with Crippen LogP contribution in [0.1, 0.15) is 50.2 Å². The van der Waals surface area contributed by atoms with Gasteiger partial charge < -0.3 is 10.2 Å². The number of nitrogens with zero attached hydrogens (tertiary/aromatic N) is 1. The quantitative estimate of drug-likeness (QED) is 0.850. The van der Waals surface area contributed by atoms with Crippen LogP contribution in [0.2, 0.25) is 0 Å². The van der Waals surface area contributed by atoms with Gasteiger partial charge in [0, 0.05) is 19.1 Å². The molecule has 1 atom stereocenters. The monoisotopic (exact) mass is 302 g/mol. The van der Waals surface area contributed by atoms with Gasteiger partial charge in [0.2, 0.25) is 11.8 Å². The largest absolute Gasteiger partial charge is 0.352 e. The van der Waals surface area contributed by atoms with Crippen LogP contribution in [0.4, 0.5) is 0 Å². The normalized spacial score (nSPS) is 18.1. The summed E-state index contributed by atoms with van der Waals surface area (Å²) in [6.07, 6.45) is 4.22. The third-order valence-corrected chi connectivity index (χ3v) is 4.34. The zero-order valence-corrected chi connectivity index (χ0v) is 13.6. The standard InChI is InChI=1S/C18H26N2O2/c1-3-16-6-4-5-11-20(16)18(22)12-17(21)19-13-15-9-7-14(2)8-10-15/h7-10,16H,3-6,11-13H2,1-2H3,(H,19,21). The van der Waals surface area contributed by atoms with Gasteiger partial charge in [0.25, 0.3) is 0 Å². The summed E-state index contributed by atoms with van der Waals surface area (Å²) in [6, 6.07) is 8.34. The van der Waals surface area contributed by atoms with Gasteiger partial charge in [-0.3, -0.25) is 9.59 Å². The second kappa shape index (κ2) is 7.97. The number of aryl methyl sites for hydroxylation is 1. The maximum absolute atomic E-state index is 12.3. The van der Waals surface area contributed by atoms with Gasteiger partial charge in [-0.15, -0.1) is 0 Å². The summed E-state index contributed by atoms with van der Waals surface area (Å²) in [5.41, 5.74) is 2.25. The topological polar surface area (TPSA) is 49.4 Å².